The van der Waals surface area contributed by atoms with Crippen molar-refractivity contribution in [2.75, 3.05) is 25.5 Å². The molecular formula is C13H19FN2O. The monoisotopic (exact) mass is 238 g/mol. The summed E-state index contributed by atoms with van der Waals surface area (Å²) in [6.45, 7) is 3.05. The van der Waals surface area contributed by atoms with Gasteiger partial charge in [0, 0.05) is 19.3 Å². The van der Waals surface area contributed by atoms with Gasteiger partial charge in [0.05, 0.1) is 6.54 Å². The molecule has 0 saturated carbocycles. The number of unbranched alkanes of at least 4 members (excludes halogenated alkanes) is 1. The smallest absolute Gasteiger partial charge is 0.241 e. The molecule has 1 aromatic carbocycles. The Kier molecular flexibility index (Phi) is 5.46. The first-order valence-corrected chi connectivity index (χ1v) is 5.87. The van der Waals surface area contributed by atoms with Gasteiger partial charge in [-0.25, -0.2) is 4.39 Å². The number of halogens is 1. The molecule has 1 rings (SSSR count). The van der Waals surface area contributed by atoms with Crippen molar-refractivity contribution < 1.29 is 9.18 Å². The summed E-state index contributed by atoms with van der Waals surface area (Å²) < 4.78 is 12.9. The van der Waals surface area contributed by atoms with Crippen LogP contribution in [0.5, 0.6) is 0 Å². The summed E-state index contributed by atoms with van der Waals surface area (Å²) in [4.78, 5) is 13.4. The van der Waals surface area contributed by atoms with Crippen molar-refractivity contribution in [2.45, 2.75) is 19.8 Å². The second-order valence-electron chi connectivity index (χ2n) is 4.03. The normalized spacial score (nSPS) is 10.1. The summed E-state index contributed by atoms with van der Waals surface area (Å²) in [7, 11) is 1.78. The largest absolute Gasteiger partial charge is 0.376 e. The maximum absolute atomic E-state index is 12.9. The summed E-state index contributed by atoms with van der Waals surface area (Å²) in [6, 6.07) is 6.10. The molecule has 1 aromatic rings. The van der Waals surface area contributed by atoms with Crippen molar-refractivity contribution in [3.05, 3.63) is 30.1 Å². The van der Waals surface area contributed by atoms with Gasteiger partial charge in [0.15, 0.2) is 0 Å². The molecule has 0 fully saturated rings. The third-order valence-electron chi connectivity index (χ3n) is 2.54. The van der Waals surface area contributed by atoms with Gasteiger partial charge in [-0.15, -0.1) is 0 Å². The fourth-order valence-electron chi connectivity index (χ4n) is 1.43. The van der Waals surface area contributed by atoms with E-state index in [1.54, 1.807) is 24.1 Å². The van der Waals surface area contributed by atoms with Crippen LogP contribution in [-0.2, 0) is 4.79 Å². The van der Waals surface area contributed by atoms with Crippen LogP contribution in [0.25, 0.3) is 0 Å². The zero-order valence-electron chi connectivity index (χ0n) is 10.4. The molecule has 0 radical (unpaired) electrons. The van der Waals surface area contributed by atoms with E-state index >= 15 is 0 Å². The lowest BCUT2D eigenvalue weighted by Crippen LogP contribution is -2.32. The van der Waals surface area contributed by atoms with Crippen molar-refractivity contribution >= 4 is 11.6 Å². The van der Waals surface area contributed by atoms with Crippen LogP contribution in [0.3, 0.4) is 0 Å². The maximum Gasteiger partial charge on any atom is 0.241 e. The number of hydrogen-bond donors (Lipinski definition) is 1. The Morgan fingerprint density at radius 1 is 1.47 bits per heavy atom. The highest BCUT2D eigenvalue weighted by Crippen LogP contribution is 2.08. The van der Waals surface area contributed by atoms with E-state index in [0.29, 0.717) is 5.69 Å². The third-order valence-corrected chi connectivity index (χ3v) is 2.54. The van der Waals surface area contributed by atoms with Crippen LogP contribution in [0.1, 0.15) is 19.8 Å². The van der Waals surface area contributed by atoms with Gasteiger partial charge in [0.25, 0.3) is 0 Å². The number of amides is 1. The van der Waals surface area contributed by atoms with Crippen LogP contribution in [0.15, 0.2) is 24.3 Å². The summed E-state index contributed by atoms with van der Waals surface area (Å²) in [5.41, 5.74) is 0.627. The fourth-order valence-corrected chi connectivity index (χ4v) is 1.43. The molecule has 0 aliphatic carbocycles. The summed E-state index contributed by atoms with van der Waals surface area (Å²) in [5.74, 6) is -0.288. The van der Waals surface area contributed by atoms with Gasteiger partial charge in [-0.2, -0.15) is 0 Å². The SMILES string of the molecule is CCCCN(C)C(=O)CNc1cccc(F)c1. The highest BCUT2D eigenvalue weighted by atomic mass is 19.1. The van der Waals surface area contributed by atoms with Gasteiger partial charge < -0.3 is 10.2 Å². The lowest BCUT2D eigenvalue weighted by atomic mass is 10.3. The molecule has 94 valence electrons. The highest BCUT2D eigenvalue weighted by molar-refractivity contribution is 5.80. The van der Waals surface area contributed by atoms with Gasteiger partial charge in [0.2, 0.25) is 5.91 Å². The first-order chi connectivity index (χ1) is 8.13. The van der Waals surface area contributed by atoms with Crippen LogP contribution < -0.4 is 5.32 Å². The van der Waals surface area contributed by atoms with Gasteiger partial charge in [-0.1, -0.05) is 19.4 Å². The molecule has 4 heteroatoms. The van der Waals surface area contributed by atoms with Crippen LogP contribution >= 0.6 is 0 Å². The fraction of sp³-hybridized carbons (Fsp3) is 0.462. The summed E-state index contributed by atoms with van der Waals surface area (Å²) >= 11 is 0. The van der Waals surface area contributed by atoms with Crippen molar-refractivity contribution in [3.63, 3.8) is 0 Å². The number of benzene rings is 1. The van der Waals surface area contributed by atoms with Crippen LogP contribution in [0, 0.1) is 5.82 Å². The zero-order chi connectivity index (χ0) is 12.7. The lowest BCUT2D eigenvalue weighted by molar-refractivity contribution is -0.128. The van der Waals surface area contributed by atoms with E-state index in [1.807, 2.05) is 0 Å². The second-order valence-corrected chi connectivity index (χ2v) is 4.03. The third kappa shape index (κ3) is 4.85. The van der Waals surface area contributed by atoms with E-state index in [4.69, 9.17) is 0 Å². The lowest BCUT2D eigenvalue weighted by Gasteiger charge is -2.17. The number of likely N-dealkylation sites (N-methyl/N-ethyl adjacent to an activating group) is 1. The zero-order valence-corrected chi connectivity index (χ0v) is 10.4. The summed E-state index contributed by atoms with van der Waals surface area (Å²) in [5, 5.41) is 2.91. The molecule has 0 heterocycles. The molecule has 0 bridgehead atoms. The molecule has 1 amide bonds. The second kappa shape index (κ2) is 6.89. The molecule has 0 spiro atoms. The van der Waals surface area contributed by atoms with E-state index in [9.17, 15) is 9.18 Å². The minimum Gasteiger partial charge on any atom is -0.376 e. The number of nitrogens with one attached hydrogen (secondary N) is 1. The highest BCUT2D eigenvalue weighted by Gasteiger charge is 2.07. The van der Waals surface area contributed by atoms with Crippen molar-refractivity contribution in [2.24, 2.45) is 0 Å². The minimum atomic E-state index is -0.304. The first kappa shape index (κ1) is 13.5. The van der Waals surface area contributed by atoms with E-state index in [-0.39, 0.29) is 18.3 Å². The van der Waals surface area contributed by atoms with Crippen LogP contribution in [0.2, 0.25) is 0 Å². The predicted molar refractivity (Wildman–Crippen MR) is 67.4 cm³/mol. The average molecular weight is 238 g/mol. The van der Waals surface area contributed by atoms with Gasteiger partial charge in [-0.3, -0.25) is 4.79 Å². The number of hydrogen-bond acceptors (Lipinski definition) is 2. The van der Waals surface area contributed by atoms with Crippen molar-refractivity contribution in [1.29, 1.82) is 0 Å². The molecule has 0 saturated heterocycles. The minimum absolute atomic E-state index is 0.0164. The quantitative estimate of drug-likeness (QED) is 0.825. The van der Waals surface area contributed by atoms with Crippen LogP contribution in [-0.4, -0.2) is 30.9 Å². The molecule has 0 unspecified atom stereocenters. The average Bonchev–Trinajstić information content (AvgIpc) is 2.33. The molecule has 0 aromatic heterocycles. The van der Waals surface area contributed by atoms with Crippen molar-refractivity contribution in [3.8, 4) is 0 Å². The Morgan fingerprint density at radius 2 is 2.24 bits per heavy atom. The van der Waals surface area contributed by atoms with E-state index in [1.165, 1.54) is 12.1 Å². The first-order valence-electron chi connectivity index (χ1n) is 5.87. The number of rotatable bonds is 6. The van der Waals surface area contributed by atoms with E-state index in [2.05, 4.69) is 12.2 Å². The Morgan fingerprint density at radius 3 is 2.88 bits per heavy atom. The Balaban J connectivity index is 2.37. The topological polar surface area (TPSA) is 32.3 Å². The molecule has 1 N–H and O–H groups in total. The van der Waals surface area contributed by atoms with E-state index < -0.39 is 0 Å². The van der Waals surface area contributed by atoms with Crippen molar-refractivity contribution in [1.82, 2.24) is 4.90 Å². The van der Waals surface area contributed by atoms with Gasteiger partial charge in [0.1, 0.15) is 5.82 Å². The molecule has 0 aliphatic rings. The van der Waals surface area contributed by atoms with Gasteiger partial charge in [-0.05, 0) is 24.6 Å². The van der Waals surface area contributed by atoms with E-state index in [0.717, 1.165) is 19.4 Å². The standard InChI is InChI=1S/C13H19FN2O/c1-3-4-8-16(2)13(17)10-15-12-7-5-6-11(14)9-12/h5-7,9,15H,3-4,8,10H2,1-2H3. The number of carbonyl (C=O) groups excluding carboxylic acids is 1. The number of anilines is 1. The number of carbonyl (C=O) groups is 1. The molecule has 0 aliphatic heterocycles. The Bertz CT molecular complexity index is 368. The molecule has 0 atom stereocenters. The molecule has 17 heavy (non-hydrogen) atoms. The number of nitrogens with zero attached hydrogens (tertiary/aromatic N) is 1. The van der Waals surface area contributed by atoms with Crippen LogP contribution in [0.4, 0.5) is 10.1 Å². The Hall–Kier alpha value is -1.58. The Labute approximate surface area is 102 Å². The predicted octanol–water partition coefficient (Wildman–Crippen LogP) is 2.50. The maximum atomic E-state index is 12.9. The van der Waals surface area contributed by atoms with Gasteiger partial charge >= 0.3 is 0 Å². The molecular weight excluding hydrogens is 219 g/mol. The molecule has 3 nitrogen and oxygen atoms in total. The summed E-state index contributed by atoms with van der Waals surface area (Å²) in [6.07, 6.45) is 2.07.